The van der Waals surface area contributed by atoms with E-state index in [1.807, 2.05) is 12.3 Å². The molecule has 3 nitrogen and oxygen atoms in total. The molecule has 0 saturated heterocycles. The average Bonchev–Trinajstić information content (AvgIpc) is 2.33. The van der Waals surface area contributed by atoms with Crippen LogP contribution in [-0.2, 0) is 0 Å². The first kappa shape index (κ1) is 7.65. The van der Waals surface area contributed by atoms with Gasteiger partial charge in [-0.05, 0) is 6.07 Å². The van der Waals surface area contributed by atoms with Crippen LogP contribution in [0.25, 0.3) is 11.0 Å². The van der Waals surface area contributed by atoms with E-state index in [4.69, 9.17) is 0 Å². The van der Waals surface area contributed by atoms with Crippen LogP contribution in [0, 0.1) is 0 Å². The number of rotatable bonds is 0. The number of fused-ring (bicyclic) bond motifs is 1. The van der Waals surface area contributed by atoms with Gasteiger partial charge in [0.05, 0.1) is 0 Å². The van der Waals surface area contributed by atoms with Crippen LogP contribution < -0.4 is 0 Å². The Morgan fingerprint density at radius 2 is 2.30 bits per heavy atom. The predicted octanol–water partition coefficient (Wildman–Crippen LogP) is 0.577. The van der Waals surface area contributed by atoms with E-state index in [0.29, 0.717) is 0 Å². The van der Waals surface area contributed by atoms with Gasteiger partial charge in [0, 0.05) is 45.1 Å². The van der Waals surface area contributed by atoms with Gasteiger partial charge in [-0.3, -0.25) is 0 Å². The first-order chi connectivity index (χ1) is 4.47. The van der Waals surface area contributed by atoms with E-state index >= 15 is 0 Å². The zero-order valence-corrected chi connectivity index (χ0v) is 9.09. The molecule has 2 aromatic rings. The molecule has 0 aliphatic heterocycles. The van der Waals surface area contributed by atoms with Gasteiger partial charge in [-0.2, -0.15) is 0 Å². The zero-order chi connectivity index (χ0) is 6.10. The van der Waals surface area contributed by atoms with Crippen LogP contribution >= 0.6 is 0 Å². The zero-order valence-electron chi connectivity index (χ0n) is 5.20. The van der Waals surface area contributed by atoms with Crippen molar-refractivity contribution in [2.75, 3.05) is 0 Å². The molecule has 0 saturated carbocycles. The molecular formula is C6H5N3Pb. The molecular weight excluding hydrogens is 321 g/mol. The van der Waals surface area contributed by atoms with Gasteiger partial charge in [0.1, 0.15) is 12.0 Å². The summed E-state index contributed by atoms with van der Waals surface area (Å²) in [6.45, 7) is 0. The maximum Gasteiger partial charge on any atom is 0.140 e. The summed E-state index contributed by atoms with van der Waals surface area (Å²) in [6, 6.07) is 1.94. The summed E-state index contributed by atoms with van der Waals surface area (Å²) in [6.07, 6.45) is 5.15. The number of nitrogens with one attached hydrogen (secondary N) is 1. The fourth-order valence-electron chi connectivity index (χ4n) is 0.793. The van der Waals surface area contributed by atoms with Crippen molar-refractivity contribution >= 4 is 38.3 Å². The molecule has 48 valence electrons. The number of aromatic amines is 1. The van der Waals surface area contributed by atoms with Crippen LogP contribution in [0.3, 0.4) is 0 Å². The number of hydrogen-bond donors (Lipinski definition) is 1. The third-order valence-electron chi connectivity index (χ3n) is 1.22. The SMILES string of the molecule is [Pb].c1ncc2cc[nH]c2n1. The molecule has 0 aliphatic carbocycles. The van der Waals surface area contributed by atoms with Crippen LogP contribution in [-0.4, -0.2) is 42.3 Å². The van der Waals surface area contributed by atoms with E-state index in [9.17, 15) is 0 Å². The molecule has 4 radical (unpaired) electrons. The molecule has 0 aromatic carbocycles. The summed E-state index contributed by atoms with van der Waals surface area (Å²) in [5.41, 5.74) is 0.894. The standard InChI is InChI=1S/C6H5N3.Pb/c1-2-8-6-5(1)3-7-4-9-6;/h1-4H,(H,7,8,9);. The molecule has 0 unspecified atom stereocenters. The molecule has 0 aliphatic rings. The minimum absolute atomic E-state index is 0. The largest absolute Gasteiger partial charge is 0.346 e. The van der Waals surface area contributed by atoms with E-state index < -0.39 is 0 Å². The Labute approximate surface area is 78.0 Å². The monoisotopic (exact) mass is 327 g/mol. The molecule has 0 atom stereocenters. The van der Waals surface area contributed by atoms with E-state index in [1.165, 1.54) is 6.33 Å². The Hall–Kier alpha value is -0.458. The van der Waals surface area contributed by atoms with Crippen LogP contribution in [0.4, 0.5) is 0 Å². The van der Waals surface area contributed by atoms with Crippen molar-refractivity contribution in [2.24, 2.45) is 0 Å². The predicted molar refractivity (Wildman–Crippen MR) is 39.6 cm³/mol. The van der Waals surface area contributed by atoms with Gasteiger partial charge in [0.25, 0.3) is 0 Å². The summed E-state index contributed by atoms with van der Waals surface area (Å²) >= 11 is 0. The van der Waals surface area contributed by atoms with E-state index in [0.717, 1.165) is 11.0 Å². The molecule has 2 rings (SSSR count). The Bertz CT molecular complexity index is 287. The molecule has 10 heavy (non-hydrogen) atoms. The number of H-pyrrole nitrogens is 1. The van der Waals surface area contributed by atoms with Crippen molar-refractivity contribution in [3.63, 3.8) is 0 Å². The number of nitrogens with zero attached hydrogens (tertiary/aromatic N) is 2. The van der Waals surface area contributed by atoms with E-state index in [-0.39, 0.29) is 27.3 Å². The fourth-order valence-corrected chi connectivity index (χ4v) is 0.793. The minimum atomic E-state index is 0. The van der Waals surface area contributed by atoms with Crippen LogP contribution in [0.1, 0.15) is 0 Å². The van der Waals surface area contributed by atoms with Crippen molar-refractivity contribution in [3.05, 3.63) is 24.8 Å². The topological polar surface area (TPSA) is 41.6 Å². The number of aromatic nitrogens is 3. The van der Waals surface area contributed by atoms with Crippen LogP contribution in [0.2, 0.25) is 0 Å². The van der Waals surface area contributed by atoms with Gasteiger partial charge in [0.2, 0.25) is 0 Å². The maximum atomic E-state index is 3.97. The van der Waals surface area contributed by atoms with Gasteiger partial charge >= 0.3 is 0 Å². The Balaban J connectivity index is 0.000000500. The Morgan fingerprint density at radius 3 is 3.10 bits per heavy atom. The summed E-state index contributed by atoms with van der Waals surface area (Å²) in [7, 11) is 0. The van der Waals surface area contributed by atoms with Crippen molar-refractivity contribution in [1.82, 2.24) is 15.0 Å². The van der Waals surface area contributed by atoms with Gasteiger partial charge in [-0.1, -0.05) is 0 Å². The molecule has 0 bridgehead atoms. The van der Waals surface area contributed by atoms with Gasteiger partial charge in [-0.15, -0.1) is 0 Å². The van der Waals surface area contributed by atoms with Gasteiger partial charge in [-0.25, -0.2) is 9.97 Å². The third-order valence-corrected chi connectivity index (χ3v) is 1.22. The second-order valence-corrected chi connectivity index (χ2v) is 1.80. The molecule has 0 fully saturated rings. The maximum absolute atomic E-state index is 3.97. The second-order valence-electron chi connectivity index (χ2n) is 1.80. The summed E-state index contributed by atoms with van der Waals surface area (Å²) in [5, 5.41) is 1.05. The summed E-state index contributed by atoms with van der Waals surface area (Å²) < 4.78 is 0. The van der Waals surface area contributed by atoms with Gasteiger partial charge < -0.3 is 4.98 Å². The summed E-state index contributed by atoms with van der Waals surface area (Å²) in [5.74, 6) is 0. The van der Waals surface area contributed by atoms with Crippen molar-refractivity contribution < 1.29 is 0 Å². The molecule has 4 heteroatoms. The molecule has 2 aromatic heterocycles. The molecule has 1 N–H and O–H groups in total. The third kappa shape index (κ3) is 1.18. The first-order valence-corrected chi connectivity index (χ1v) is 2.70. The Kier molecular flexibility index (Phi) is 2.36. The normalized spacial score (nSPS) is 9.20. The molecule has 0 amide bonds. The first-order valence-electron chi connectivity index (χ1n) is 2.70. The van der Waals surface area contributed by atoms with Crippen molar-refractivity contribution in [2.45, 2.75) is 0 Å². The average molecular weight is 326 g/mol. The van der Waals surface area contributed by atoms with Crippen molar-refractivity contribution in [3.8, 4) is 0 Å². The van der Waals surface area contributed by atoms with Crippen LogP contribution in [0.5, 0.6) is 0 Å². The van der Waals surface area contributed by atoms with Gasteiger partial charge in [0.15, 0.2) is 0 Å². The van der Waals surface area contributed by atoms with E-state index in [1.54, 1.807) is 6.20 Å². The van der Waals surface area contributed by atoms with Crippen molar-refractivity contribution in [1.29, 1.82) is 0 Å². The smallest absolute Gasteiger partial charge is 0.140 e. The molecule has 2 heterocycles. The number of hydrogen-bond acceptors (Lipinski definition) is 2. The Morgan fingerprint density at radius 1 is 1.40 bits per heavy atom. The summed E-state index contributed by atoms with van der Waals surface area (Å²) in [4.78, 5) is 10.8. The minimum Gasteiger partial charge on any atom is -0.346 e. The second kappa shape index (κ2) is 3.09. The van der Waals surface area contributed by atoms with E-state index in [2.05, 4.69) is 15.0 Å². The quantitative estimate of drug-likeness (QED) is 0.720. The fraction of sp³-hybridized carbons (Fsp3) is 0. The molecule has 0 spiro atoms. The van der Waals surface area contributed by atoms with Crippen LogP contribution in [0.15, 0.2) is 24.8 Å².